The third-order valence-electron chi connectivity index (χ3n) is 3.93. The highest BCUT2D eigenvalue weighted by molar-refractivity contribution is 5.97. The van der Waals surface area contributed by atoms with Crippen LogP contribution in [0.5, 0.6) is 0 Å². The number of benzene rings is 2. The van der Waals surface area contributed by atoms with Gasteiger partial charge in [0.2, 0.25) is 5.43 Å². The molecule has 0 bridgehead atoms. The second-order valence-corrected chi connectivity index (χ2v) is 5.69. The molecule has 0 fully saturated rings. The number of H-pyrrole nitrogens is 1. The van der Waals surface area contributed by atoms with Gasteiger partial charge >= 0.3 is 0 Å². The van der Waals surface area contributed by atoms with Gasteiger partial charge in [-0.15, -0.1) is 0 Å². The minimum Gasteiger partial charge on any atom is -0.360 e. The van der Waals surface area contributed by atoms with Crippen molar-refractivity contribution in [3.8, 4) is 0 Å². The van der Waals surface area contributed by atoms with E-state index in [1.165, 1.54) is 6.20 Å². The van der Waals surface area contributed by atoms with Gasteiger partial charge in [0.15, 0.2) is 0 Å². The summed E-state index contributed by atoms with van der Waals surface area (Å²) < 4.78 is 0. The van der Waals surface area contributed by atoms with Crippen LogP contribution in [0.3, 0.4) is 0 Å². The van der Waals surface area contributed by atoms with Crippen LogP contribution in [0.2, 0.25) is 0 Å². The van der Waals surface area contributed by atoms with E-state index in [-0.39, 0.29) is 22.9 Å². The van der Waals surface area contributed by atoms with Crippen LogP contribution >= 0.6 is 0 Å². The fraction of sp³-hybridized carbons (Fsp3) is 0.158. The number of fused-ring (bicyclic) bond motifs is 1. The van der Waals surface area contributed by atoms with Gasteiger partial charge in [0.25, 0.3) is 5.91 Å². The zero-order valence-corrected chi connectivity index (χ0v) is 13.1. The molecule has 1 amide bonds. The molecule has 0 saturated carbocycles. The van der Waals surface area contributed by atoms with Crippen LogP contribution in [-0.4, -0.2) is 10.9 Å². The van der Waals surface area contributed by atoms with Crippen LogP contribution in [0, 0.1) is 6.92 Å². The van der Waals surface area contributed by atoms with Gasteiger partial charge in [0, 0.05) is 17.1 Å². The van der Waals surface area contributed by atoms with Crippen molar-refractivity contribution >= 4 is 16.8 Å². The van der Waals surface area contributed by atoms with Crippen molar-refractivity contribution in [3.05, 3.63) is 81.6 Å². The van der Waals surface area contributed by atoms with Gasteiger partial charge in [-0.25, -0.2) is 0 Å². The van der Waals surface area contributed by atoms with Crippen molar-refractivity contribution in [1.29, 1.82) is 0 Å². The standard InChI is InChI=1S/C19H18N2O2/c1-12-8-9-17-15(10-12)18(22)16(11-20-17)19(23)21-13(2)14-6-4-3-5-7-14/h3-11,13H,1-2H3,(H,20,22)(H,21,23). The summed E-state index contributed by atoms with van der Waals surface area (Å²) in [5.41, 5.74) is 2.59. The molecule has 0 radical (unpaired) electrons. The molecule has 4 nitrogen and oxygen atoms in total. The molecule has 0 aliphatic rings. The van der Waals surface area contributed by atoms with E-state index in [1.54, 1.807) is 6.07 Å². The van der Waals surface area contributed by atoms with Crippen LogP contribution in [0.25, 0.3) is 10.9 Å². The molecule has 1 atom stereocenters. The van der Waals surface area contributed by atoms with Gasteiger partial charge in [-0.05, 0) is 31.5 Å². The predicted octanol–water partition coefficient (Wildman–Crippen LogP) is 3.33. The Morgan fingerprint density at radius 3 is 2.61 bits per heavy atom. The van der Waals surface area contributed by atoms with Crippen molar-refractivity contribution in [2.45, 2.75) is 19.9 Å². The average Bonchev–Trinajstić information content (AvgIpc) is 2.56. The maximum absolute atomic E-state index is 12.6. The highest BCUT2D eigenvalue weighted by atomic mass is 16.2. The first-order valence-electron chi connectivity index (χ1n) is 7.54. The third-order valence-corrected chi connectivity index (χ3v) is 3.93. The predicted molar refractivity (Wildman–Crippen MR) is 91.6 cm³/mol. The summed E-state index contributed by atoms with van der Waals surface area (Å²) in [7, 11) is 0. The van der Waals surface area contributed by atoms with Crippen LogP contribution in [0.15, 0.2) is 59.5 Å². The number of amides is 1. The number of hydrogen-bond acceptors (Lipinski definition) is 2. The van der Waals surface area contributed by atoms with Crippen molar-refractivity contribution in [1.82, 2.24) is 10.3 Å². The minimum atomic E-state index is -0.369. The molecule has 1 heterocycles. The topological polar surface area (TPSA) is 62.0 Å². The lowest BCUT2D eigenvalue weighted by Gasteiger charge is -2.14. The molecule has 0 aliphatic heterocycles. The molecule has 1 unspecified atom stereocenters. The summed E-state index contributed by atoms with van der Waals surface area (Å²) in [6.07, 6.45) is 1.48. The molecule has 2 aromatic carbocycles. The molecular formula is C19H18N2O2. The molecular weight excluding hydrogens is 288 g/mol. The summed E-state index contributed by atoms with van der Waals surface area (Å²) >= 11 is 0. The Labute approximate surface area is 134 Å². The van der Waals surface area contributed by atoms with Crippen LogP contribution in [0.4, 0.5) is 0 Å². The molecule has 4 heteroatoms. The van der Waals surface area contributed by atoms with Crippen LogP contribution < -0.4 is 10.7 Å². The Balaban J connectivity index is 1.92. The fourth-order valence-corrected chi connectivity index (χ4v) is 2.60. The number of aromatic nitrogens is 1. The maximum atomic E-state index is 12.6. The van der Waals surface area contributed by atoms with Crippen LogP contribution in [0.1, 0.15) is 34.5 Å². The van der Waals surface area contributed by atoms with E-state index in [1.807, 2.05) is 56.3 Å². The first kappa shape index (κ1) is 15.0. The third kappa shape index (κ3) is 3.01. The average molecular weight is 306 g/mol. The molecule has 116 valence electrons. The van der Waals surface area contributed by atoms with Crippen molar-refractivity contribution in [2.24, 2.45) is 0 Å². The fourth-order valence-electron chi connectivity index (χ4n) is 2.60. The Hall–Kier alpha value is -2.88. The molecule has 2 N–H and O–H groups in total. The molecule has 23 heavy (non-hydrogen) atoms. The molecule has 0 saturated heterocycles. The largest absolute Gasteiger partial charge is 0.360 e. The van der Waals surface area contributed by atoms with E-state index in [2.05, 4.69) is 10.3 Å². The van der Waals surface area contributed by atoms with Crippen LogP contribution in [-0.2, 0) is 0 Å². The zero-order valence-electron chi connectivity index (χ0n) is 13.1. The quantitative estimate of drug-likeness (QED) is 0.779. The van der Waals surface area contributed by atoms with E-state index >= 15 is 0 Å². The molecule has 1 aromatic heterocycles. The Morgan fingerprint density at radius 1 is 1.13 bits per heavy atom. The summed E-state index contributed by atoms with van der Waals surface area (Å²) in [6.45, 7) is 3.82. The lowest BCUT2D eigenvalue weighted by molar-refractivity contribution is 0.0938. The van der Waals surface area contributed by atoms with Crippen molar-refractivity contribution in [2.75, 3.05) is 0 Å². The Bertz CT molecular complexity index is 914. The zero-order chi connectivity index (χ0) is 16.4. The number of carbonyl (C=O) groups is 1. The van der Waals surface area contributed by atoms with E-state index in [4.69, 9.17) is 0 Å². The first-order valence-corrected chi connectivity index (χ1v) is 7.54. The number of pyridine rings is 1. The second-order valence-electron chi connectivity index (χ2n) is 5.69. The van der Waals surface area contributed by atoms with E-state index in [0.717, 1.165) is 16.6 Å². The normalized spacial score (nSPS) is 12.1. The van der Waals surface area contributed by atoms with Gasteiger partial charge in [0.1, 0.15) is 5.56 Å². The van der Waals surface area contributed by atoms with Crippen molar-refractivity contribution in [3.63, 3.8) is 0 Å². The summed E-state index contributed by atoms with van der Waals surface area (Å²) in [5, 5.41) is 3.41. The lowest BCUT2D eigenvalue weighted by atomic mass is 10.1. The van der Waals surface area contributed by atoms with Gasteiger partial charge in [-0.1, -0.05) is 42.0 Å². The van der Waals surface area contributed by atoms with E-state index in [9.17, 15) is 9.59 Å². The number of aromatic amines is 1. The molecule has 3 rings (SSSR count). The Morgan fingerprint density at radius 2 is 1.87 bits per heavy atom. The number of hydrogen-bond donors (Lipinski definition) is 2. The second kappa shape index (κ2) is 6.08. The van der Waals surface area contributed by atoms with Gasteiger partial charge in [-0.2, -0.15) is 0 Å². The number of rotatable bonds is 3. The SMILES string of the molecule is Cc1ccc2[nH]cc(C(=O)NC(C)c3ccccc3)c(=O)c2c1. The monoisotopic (exact) mass is 306 g/mol. The summed E-state index contributed by atoms with van der Waals surface area (Å²) in [6, 6.07) is 15.1. The van der Waals surface area contributed by atoms with Gasteiger partial charge < -0.3 is 10.3 Å². The Kier molecular flexibility index (Phi) is 3.98. The minimum absolute atomic E-state index is 0.130. The maximum Gasteiger partial charge on any atom is 0.257 e. The highest BCUT2D eigenvalue weighted by Gasteiger charge is 2.16. The highest BCUT2D eigenvalue weighted by Crippen LogP contribution is 2.13. The van der Waals surface area contributed by atoms with Crippen molar-refractivity contribution < 1.29 is 4.79 Å². The lowest BCUT2D eigenvalue weighted by Crippen LogP contribution is -2.31. The smallest absolute Gasteiger partial charge is 0.257 e. The van der Waals surface area contributed by atoms with Gasteiger partial charge in [-0.3, -0.25) is 9.59 Å². The molecule has 0 spiro atoms. The molecule has 0 aliphatic carbocycles. The number of nitrogens with one attached hydrogen (secondary N) is 2. The van der Waals surface area contributed by atoms with E-state index < -0.39 is 0 Å². The van der Waals surface area contributed by atoms with Gasteiger partial charge in [0.05, 0.1) is 6.04 Å². The number of aryl methyl sites for hydroxylation is 1. The number of carbonyl (C=O) groups excluding carboxylic acids is 1. The first-order chi connectivity index (χ1) is 11.1. The summed E-state index contributed by atoms with van der Waals surface area (Å²) in [5.74, 6) is -0.369. The molecule has 3 aromatic rings. The summed E-state index contributed by atoms with van der Waals surface area (Å²) in [4.78, 5) is 28.0. The van der Waals surface area contributed by atoms with E-state index in [0.29, 0.717) is 5.39 Å².